The number of carbonyl (C=O) groups excluding carboxylic acids is 1. The Hall–Kier alpha value is -3.62. The molecular formula is C22H20F3N3O3. The molecule has 9 heteroatoms. The molecule has 3 aromatic rings. The van der Waals surface area contributed by atoms with Gasteiger partial charge in [-0.1, -0.05) is 47.7 Å². The Balaban J connectivity index is 1.39. The molecule has 0 spiro atoms. The van der Waals surface area contributed by atoms with Gasteiger partial charge in [0.1, 0.15) is 5.75 Å². The summed E-state index contributed by atoms with van der Waals surface area (Å²) in [6.45, 7) is 0.615. The second kappa shape index (κ2) is 10.4. The van der Waals surface area contributed by atoms with E-state index in [0.717, 1.165) is 16.8 Å². The number of benzene rings is 2. The SMILES string of the molecule is O=C(/C=C/c1ccccc1)OCCCc1cn(Cc2ccc(OC(F)(F)F)cc2)nn1. The van der Waals surface area contributed by atoms with Crippen molar-refractivity contribution in [1.82, 2.24) is 15.0 Å². The molecule has 0 bridgehead atoms. The second-order valence-electron chi connectivity index (χ2n) is 6.61. The summed E-state index contributed by atoms with van der Waals surface area (Å²) < 4.78 is 47.2. The van der Waals surface area contributed by atoms with Crippen LogP contribution in [0.1, 0.15) is 23.2 Å². The van der Waals surface area contributed by atoms with Crippen LogP contribution >= 0.6 is 0 Å². The van der Waals surface area contributed by atoms with E-state index in [2.05, 4.69) is 15.0 Å². The van der Waals surface area contributed by atoms with E-state index in [0.29, 0.717) is 19.4 Å². The monoisotopic (exact) mass is 431 g/mol. The van der Waals surface area contributed by atoms with Gasteiger partial charge in [-0.25, -0.2) is 9.48 Å². The predicted molar refractivity (Wildman–Crippen MR) is 107 cm³/mol. The first-order valence-corrected chi connectivity index (χ1v) is 9.51. The van der Waals surface area contributed by atoms with Crippen LogP contribution in [0.4, 0.5) is 13.2 Å². The van der Waals surface area contributed by atoms with Crippen LogP contribution in [0, 0.1) is 0 Å². The molecule has 162 valence electrons. The molecule has 0 atom stereocenters. The highest BCUT2D eigenvalue weighted by atomic mass is 19.4. The zero-order valence-electron chi connectivity index (χ0n) is 16.5. The fourth-order valence-corrected chi connectivity index (χ4v) is 2.72. The van der Waals surface area contributed by atoms with E-state index < -0.39 is 12.3 Å². The summed E-state index contributed by atoms with van der Waals surface area (Å²) in [5.74, 6) is -0.686. The molecule has 0 aliphatic rings. The number of carbonyl (C=O) groups is 1. The summed E-state index contributed by atoms with van der Waals surface area (Å²) in [5, 5.41) is 8.06. The van der Waals surface area contributed by atoms with E-state index in [1.807, 2.05) is 30.3 Å². The van der Waals surface area contributed by atoms with Gasteiger partial charge in [0.15, 0.2) is 0 Å². The van der Waals surface area contributed by atoms with Crippen molar-refractivity contribution in [2.45, 2.75) is 25.7 Å². The number of aryl methyl sites for hydroxylation is 1. The zero-order valence-corrected chi connectivity index (χ0v) is 16.5. The first kappa shape index (κ1) is 22.1. The molecule has 2 aromatic carbocycles. The number of ether oxygens (including phenoxy) is 2. The third kappa shape index (κ3) is 7.96. The van der Waals surface area contributed by atoms with Crippen molar-refractivity contribution >= 4 is 12.0 Å². The summed E-state index contributed by atoms with van der Waals surface area (Å²) in [7, 11) is 0. The van der Waals surface area contributed by atoms with Crippen LogP contribution < -0.4 is 4.74 Å². The third-order valence-corrected chi connectivity index (χ3v) is 4.12. The molecule has 1 aromatic heterocycles. The molecule has 0 fully saturated rings. The van der Waals surface area contributed by atoms with Crippen molar-refractivity contribution in [2.75, 3.05) is 6.61 Å². The first-order valence-electron chi connectivity index (χ1n) is 9.51. The van der Waals surface area contributed by atoms with Gasteiger partial charge in [0.05, 0.1) is 18.8 Å². The highest BCUT2D eigenvalue weighted by molar-refractivity contribution is 5.86. The summed E-state index contributed by atoms with van der Waals surface area (Å²) in [5.41, 5.74) is 2.40. The third-order valence-electron chi connectivity index (χ3n) is 4.12. The summed E-state index contributed by atoms with van der Waals surface area (Å²) in [6.07, 6.45) is 1.28. The Morgan fingerprint density at radius 1 is 1.06 bits per heavy atom. The lowest BCUT2D eigenvalue weighted by atomic mass is 10.2. The lowest BCUT2D eigenvalue weighted by Crippen LogP contribution is -2.17. The highest BCUT2D eigenvalue weighted by Gasteiger charge is 2.30. The van der Waals surface area contributed by atoms with E-state index in [-0.39, 0.29) is 12.4 Å². The van der Waals surface area contributed by atoms with Gasteiger partial charge < -0.3 is 9.47 Å². The van der Waals surface area contributed by atoms with Crippen molar-refractivity contribution in [3.8, 4) is 5.75 Å². The average molecular weight is 431 g/mol. The molecule has 0 amide bonds. The van der Waals surface area contributed by atoms with Crippen molar-refractivity contribution in [3.63, 3.8) is 0 Å². The first-order chi connectivity index (χ1) is 14.9. The van der Waals surface area contributed by atoms with Gasteiger partial charge >= 0.3 is 12.3 Å². The Bertz CT molecular complexity index is 1000. The van der Waals surface area contributed by atoms with Crippen molar-refractivity contribution in [3.05, 3.63) is 83.7 Å². The van der Waals surface area contributed by atoms with E-state index >= 15 is 0 Å². The number of rotatable bonds is 9. The zero-order chi connectivity index (χ0) is 22.1. The number of alkyl halides is 3. The number of hydrogen-bond acceptors (Lipinski definition) is 5. The molecular weight excluding hydrogens is 411 g/mol. The van der Waals surface area contributed by atoms with E-state index in [1.165, 1.54) is 30.3 Å². The molecule has 6 nitrogen and oxygen atoms in total. The lowest BCUT2D eigenvalue weighted by Gasteiger charge is -2.09. The maximum absolute atomic E-state index is 12.2. The van der Waals surface area contributed by atoms with Crippen molar-refractivity contribution in [1.29, 1.82) is 0 Å². The van der Waals surface area contributed by atoms with E-state index in [1.54, 1.807) is 17.0 Å². The quantitative estimate of drug-likeness (QED) is 0.285. The molecule has 0 aliphatic heterocycles. The molecule has 0 saturated heterocycles. The number of hydrogen-bond donors (Lipinski definition) is 0. The minimum atomic E-state index is -4.71. The topological polar surface area (TPSA) is 66.2 Å². The maximum Gasteiger partial charge on any atom is 0.573 e. The minimum Gasteiger partial charge on any atom is -0.463 e. The predicted octanol–water partition coefficient (Wildman–Crippen LogP) is 4.41. The summed E-state index contributed by atoms with van der Waals surface area (Å²) in [6, 6.07) is 15.0. The normalized spacial score (nSPS) is 11.6. The Morgan fingerprint density at radius 3 is 2.52 bits per heavy atom. The molecule has 1 heterocycles. The van der Waals surface area contributed by atoms with E-state index in [9.17, 15) is 18.0 Å². The van der Waals surface area contributed by atoms with Crippen LogP contribution in [0.2, 0.25) is 0 Å². The van der Waals surface area contributed by atoms with Gasteiger partial charge in [0.25, 0.3) is 0 Å². The minimum absolute atomic E-state index is 0.255. The maximum atomic E-state index is 12.2. The molecule has 0 radical (unpaired) electrons. The van der Waals surface area contributed by atoms with Gasteiger partial charge in [-0.2, -0.15) is 0 Å². The van der Waals surface area contributed by atoms with Gasteiger partial charge in [-0.05, 0) is 42.2 Å². The number of aromatic nitrogens is 3. The molecule has 0 unspecified atom stereocenters. The lowest BCUT2D eigenvalue weighted by molar-refractivity contribution is -0.274. The Labute approximate surface area is 176 Å². The van der Waals surface area contributed by atoms with Crippen molar-refractivity contribution < 1.29 is 27.4 Å². The second-order valence-corrected chi connectivity index (χ2v) is 6.61. The van der Waals surface area contributed by atoms with Gasteiger partial charge in [-0.3, -0.25) is 0 Å². The summed E-state index contributed by atoms with van der Waals surface area (Å²) in [4.78, 5) is 11.7. The summed E-state index contributed by atoms with van der Waals surface area (Å²) >= 11 is 0. The molecule has 0 saturated carbocycles. The smallest absolute Gasteiger partial charge is 0.463 e. The van der Waals surface area contributed by atoms with Crippen LogP contribution in [0.3, 0.4) is 0 Å². The molecule has 3 rings (SSSR count). The number of nitrogens with zero attached hydrogens (tertiary/aromatic N) is 3. The highest BCUT2D eigenvalue weighted by Crippen LogP contribution is 2.22. The number of halogens is 3. The molecule has 0 aliphatic carbocycles. The Morgan fingerprint density at radius 2 is 1.81 bits per heavy atom. The number of esters is 1. The van der Waals surface area contributed by atoms with Gasteiger partial charge in [0.2, 0.25) is 0 Å². The fraction of sp³-hybridized carbons (Fsp3) is 0.227. The average Bonchev–Trinajstić information content (AvgIpc) is 3.18. The van der Waals surface area contributed by atoms with Gasteiger partial charge in [-0.15, -0.1) is 18.3 Å². The van der Waals surface area contributed by atoms with Crippen LogP contribution in [-0.2, 0) is 22.5 Å². The van der Waals surface area contributed by atoms with E-state index in [4.69, 9.17) is 4.74 Å². The fourth-order valence-electron chi connectivity index (χ4n) is 2.72. The molecule has 31 heavy (non-hydrogen) atoms. The molecule has 0 N–H and O–H groups in total. The Kier molecular flexibility index (Phi) is 7.42. The van der Waals surface area contributed by atoms with Crippen LogP contribution in [0.25, 0.3) is 6.08 Å². The van der Waals surface area contributed by atoms with Crippen molar-refractivity contribution in [2.24, 2.45) is 0 Å². The van der Waals surface area contributed by atoms with Crippen LogP contribution in [0.15, 0.2) is 66.9 Å². The van der Waals surface area contributed by atoms with Gasteiger partial charge in [0, 0.05) is 12.3 Å². The standard InChI is InChI=1S/C22H20F3N3O3/c23-22(24,25)31-20-11-8-18(9-12-20)15-28-16-19(26-27-28)7-4-14-30-21(29)13-10-17-5-2-1-3-6-17/h1-3,5-6,8-13,16H,4,7,14-15H2/b13-10+. The largest absolute Gasteiger partial charge is 0.573 e. The van der Waals surface area contributed by atoms with Crippen LogP contribution in [-0.4, -0.2) is 33.9 Å². The van der Waals surface area contributed by atoms with Crippen LogP contribution in [0.5, 0.6) is 5.75 Å².